The first-order valence-corrected chi connectivity index (χ1v) is 11.0. The van der Waals surface area contributed by atoms with Crippen LogP contribution >= 0.6 is 0 Å². The first-order valence-electron chi connectivity index (χ1n) is 9.53. The van der Waals surface area contributed by atoms with Crippen molar-refractivity contribution in [3.05, 3.63) is 42.5 Å². The third kappa shape index (κ3) is 4.29. The van der Waals surface area contributed by atoms with Crippen LogP contribution in [-0.4, -0.2) is 74.6 Å². The Hall–Kier alpha value is -2.98. The maximum atomic E-state index is 13.0. The lowest BCUT2D eigenvalue weighted by molar-refractivity contribution is -0.134. The van der Waals surface area contributed by atoms with E-state index < -0.39 is 10.0 Å². The van der Waals surface area contributed by atoms with Gasteiger partial charge in [-0.05, 0) is 36.4 Å². The van der Waals surface area contributed by atoms with E-state index in [2.05, 4.69) is 0 Å². The van der Waals surface area contributed by atoms with Crippen LogP contribution in [0.5, 0.6) is 23.0 Å². The predicted molar refractivity (Wildman–Crippen MR) is 106 cm³/mol. The number of ether oxygens (including phenoxy) is 3. The molecule has 0 radical (unpaired) electrons. The second-order valence-corrected chi connectivity index (χ2v) is 8.81. The fourth-order valence-corrected chi connectivity index (χ4v) is 4.73. The Kier molecular flexibility index (Phi) is 5.69. The largest absolute Gasteiger partial charge is 0.508 e. The Morgan fingerprint density at radius 1 is 0.967 bits per heavy atom. The number of rotatable bonds is 5. The van der Waals surface area contributed by atoms with Crippen molar-refractivity contribution in [3.8, 4) is 23.0 Å². The summed E-state index contributed by atoms with van der Waals surface area (Å²) in [6.45, 7) is 1.61. The number of phenols is 1. The number of carbonyl (C=O) groups excluding carboxylic acids is 1. The summed E-state index contributed by atoms with van der Waals surface area (Å²) < 4.78 is 43.6. The molecule has 0 bridgehead atoms. The number of hydrogen-bond acceptors (Lipinski definition) is 7. The Morgan fingerprint density at radius 3 is 2.33 bits per heavy atom. The van der Waals surface area contributed by atoms with Crippen LogP contribution in [0.25, 0.3) is 0 Å². The molecule has 0 unspecified atom stereocenters. The van der Waals surface area contributed by atoms with E-state index in [1.54, 1.807) is 23.1 Å². The number of phenolic OH excluding ortho intramolecular Hbond substituents is 1. The molecular weight excluding hydrogens is 412 g/mol. The highest BCUT2D eigenvalue weighted by Gasteiger charge is 2.31. The average Bonchev–Trinajstić information content (AvgIpc) is 2.78. The van der Waals surface area contributed by atoms with Gasteiger partial charge in [0.05, 0.1) is 4.90 Å². The maximum absolute atomic E-state index is 13.0. The third-order valence-corrected chi connectivity index (χ3v) is 6.84. The molecule has 0 aromatic heterocycles. The predicted octanol–water partition coefficient (Wildman–Crippen LogP) is 1.08. The topological polar surface area (TPSA) is 106 Å². The summed E-state index contributed by atoms with van der Waals surface area (Å²) in [4.78, 5) is 14.1. The van der Waals surface area contributed by atoms with Crippen molar-refractivity contribution in [2.24, 2.45) is 0 Å². The van der Waals surface area contributed by atoms with Gasteiger partial charge in [-0.15, -0.1) is 0 Å². The van der Waals surface area contributed by atoms with Gasteiger partial charge in [0.2, 0.25) is 10.0 Å². The number of aromatic hydroxyl groups is 1. The van der Waals surface area contributed by atoms with E-state index in [1.165, 1.54) is 28.6 Å². The van der Waals surface area contributed by atoms with Gasteiger partial charge in [0.25, 0.3) is 5.91 Å². The Morgan fingerprint density at radius 2 is 1.63 bits per heavy atom. The van der Waals surface area contributed by atoms with Crippen LogP contribution in [0.1, 0.15) is 0 Å². The molecule has 1 fully saturated rings. The average molecular weight is 434 g/mol. The van der Waals surface area contributed by atoms with Gasteiger partial charge in [0, 0.05) is 32.2 Å². The van der Waals surface area contributed by atoms with Crippen molar-refractivity contribution in [2.75, 3.05) is 46.0 Å². The first kappa shape index (κ1) is 20.3. The lowest BCUT2D eigenvalue weighted by Crippen LogP contribution is -2.51. The summed E-state index contributed by atoms with van der Waals surface area (Å²) in [6.07, 6.45) is 0. The van der Waals surface area contributed by atoms with Crippen molar-refractivity contribution < 1.29 is 32.5 Å². The van der Waals surface area contributed by atoms with Crippen LogP contribution in [0.4, 0.5) is 0 Å². The van der Waals surface area contributed by atoms with E-state index in [0.717, 1.165) is 0 Å². The van der Waals surface area contributed by atoms with E-state index in [-0.39, 0.29) is 49.3 Å². The van der Waals surface area contributed by atoms with Gasteiger partial charge in [0.15, 0.2) is 18.1 Å². The van der Waals surface area contributed by atoms with Gasteiger partial charge in [-0.2, -0.15) is 4.31 Å². The highest BCUT2D eigenvalue weighted by Crippen LogP contribution is 2.33. The number of carbonyl (C=O) groups is 1. The molecule has 2 aliphatic rings. The smallest absolute Gasteiger partial charge is 0.260 e. The minimum atomic E-state index is -3.70. The summed E-state index contributed by atoms with van der Waals surface area (Å²) in [5, 5.41) is 9.27. The zero-order valence-electron chi connectivity index (χ0n) is 16.2. The summed E-state index contributed by atoms with van der Waals surface area (Å²) >= 11 is 0. The van der Waals surface area contributed by atoms with Crippen molar-refractivity contribution in [1.82, 2.24) is 9.21 Å². The highest BCUT2D eigenvalue weighted by molar-refractivity contribution is 7.89. The Bertz CT molecular complexity index is 1020. The number of hydrogen-bond donors (Lipinski definition) is 1. The SMILES string of the molecule is O=C(COc1ccc(O)cc1)N1CCN(S(=O)(=O)c2ccc3c(c2)OCCO3)CC1. The van der Waals surface area contributed by atoms with Crippen LogP contribution in [0.2, 0.25) is 0 Å². The highest BCUT2D eigenvalue weighted by atomic mass is 32.2. The molecule has 0 saturated carbocycles. The van der Waals surface area contributed by atoms with E-state index in [4.69, 9.17) is 14.2 Å². The van der Waals surface area contributed by atoms with Gasteiger partial charge < -0.3 is 24.2 Å². The summed E-state index contributed by atoms with van der Waals surface area (Å²) in [5.74, 6) is 1.32. The Balaban J connectivity index is 1.34. The van der Waals surface area contributed by atoms with Crippen LogP contribution < -0.4 is 14.2 Å². The number of sulfonamides is 1. The molecule has 160 valence electrons. The summed E-state index contributed by atoms with van der Waals surface area (Å²) in [6, 6.07) is 10.7. The van der Waals surface area contributed by atoms with Gasteiger partial charge >= 0.3 is 0 Å². The number of benzene rings is 2. The minimum Gasteiger partial charge on any atom is -0.508 e. The molecule has 30 heavy (non-hydrogen) atoms. The fraction of sp³-hybridized carbons (Fsp3) is 0.350. The first-order chi connectivity index (χ1) is 14.4. The molecular formula is C20H22N2O7S. The second kappa shape index (κ2) is 8.41. The van der Waals surface area contributed by atoms with E-state index >= 15 is 0 Å². The molecule has 2 aromatic rings. The van der Waals surface area contributed by atoms with E-state index in [1.807, 2.05) is 0 Å². The molecule has 2 aliphatic heterocycles. The van der Waals surface area contributed by atoms with Crippen LogP contribution in [0.3, 0.4) is 0 Å². The lowest BCUT2D eigenvalue weighted by atomic mass is 10.3. The van der Waals surface area contributed by atoms with E-state index in [9.17, 15) is 18.3 Å². The lowest BCUT2D eigenvalue weighted by Gasteiger charge is -2.34. The molecule has 1 saturated heterocycles. The molecule has 0 spiro atoms. The molecule has 2 heterocycles. The zero-order chi connectivity index (χ0) is 21.1. The third-order valence-electron chi connectivity index (χ3n) is 4.94. The molecule has 1 N–H and O–H groups in total. The monoisotopic (exact) mass is 434 g/mol. The molecule has 4 rings (SSSR count). The molecule has 1 amide bonds. The van der Waals surface area contributed by atoms with Crippen LogP contribution in [-0.2, 0) is 14.8 Å². The minimum absolute atomic E-state index is 0.115. The standard InChI is InChI=1S/C20H22N2O7S/c23-15-1-3-16(4-2-15)29-14-20(24)21-7-9-22(10-8-21)30(25,26)17-5-6-18-19(13-17)28-12-11-27-18/h1-6,13,23H,7-12,14H2. The normalized spacial score (nSPS) is 16.9. The number of amides is 1. The number of fused-ring (bicyclic) bond motifs is 1. The molecule has 0 aliphatic carbocycles. The number of nitrogens with zero attached hydrogens (tertiary/aromatic N) is 2. The van der Waals surface area contributed by atoms with Crippen molar-refractivity contribution >= 4 is 15.9 Å². The van der Waals surface area contributed by atoms with Crippen LogP contribution in [0, 0.1) is 0 Å². The van der Waals surface area contributed by atoms with E-state index in [0.29, 0.717) is 30.5 Å². The van der Waals surface area contributed by atoms with Crippen molar-refractivity contribution in [1.29, 1.82) is 0 Å². The zero-order valence-corrected chi connectivity index (χ0v) is 17.0. The molecule has 9 nitrogen and oxygen atoms in total. The summed E-state index contributed by atoms with van der Waals surface area (Å²) in [5.41, 5.74) is 0. The van der Waals surface area contributed by atoms with Crippen molar-refractivity contribution in [3.63, 3.8) is 0 Å². The number of piperazine rings is 1. The van der Waals surface area contributed by atoms with Gasteiger partial charge in [-0.3, -0.25) is 4.79 Å². The molecule has 2 aromatic carbocycles. The van der Waals surface area contributed by atoms with Crippen molar-refractivity contribution in [2.45, 2.75) is 4.90 Å². The molecule has 0 atom stereocenters. The van der Waals surface area contributed by atoms with Gasteiger partial charge in [-0.1, -0.05) is 0 Å². The van der Waals surface area contributed by atoms with Crippen LogP contribution in [0.15, 0.2) is 47.4 Å². The van der Waals surface area contributed by atoms with Gasteiger partial charge in [-0.25, -0.2) is 8.42 Å². The second-order valence-electron chi connectivity index (χ2n) is 6.87. The fourth-order valence-electron chi connectivity index (χ4n) is 3.29. The molecule has 10 heteroatoms. The quantitative estimate of drug-likeness (QED) is 0.751. The summed E-state index contributed by atoms with van der Waals surface area (Å²) in [7, 11) is -3.70. The maximum Gasteiger partial charge on any atom is 0.260 e. The Labute approximate surface area is 174 Å². The van der Waals surface area contributed by atoms with Gasteiger partial charge in [0.1, 0.15) is 24.7 Å².